The number of hydrogen-bond donors (Lipinski definition) is 1. The van der Waals surface area contributed by atoms with E-state index in [1.54, 1.807) is 24.3 Å². The molecule has 0 aliphatic rings. The Hall–Kier alpha value is -2.53. The van der Waals surface area contributed by atoms with Crippen molar-refractivity contribution >= 4 is 63.5 Å². The number of carbonyl (C=O) groups excluding carboxylic acids is 1. The molecule has 0 bridgehead atoms. The predicted molar refractivity (Wildman–Crippen MR) is 129 cm³/mol. The SMILES string of the molecule is N#C/C(=C\c1cc(Cl)c(OCc2ccccc2)c(Cl)c1)C(=O)Nc1cccc(I)c1. The van der Waals surface area contributed by atoms with Crippen LogP contribution in [0.5, 0.6) is 5.75 Å². The van der Waals surface area contributed by atoms with Gasteiger partial charge in [-0.3, -0.25) is 4.79 Å². The minimum Gasteiger partial charge on any atom is -0.486 e. The van der Waals surface area contributed by atoms with Gasteiger partial charge in [0.1, 0.15) is 18.2 Å². The summed E-state index contributed by atoms with van der Waals surface area (Å²) in [5.41, 5.74) is 2.03. The first-order valence-corrected chi connectivity index (χ1v) is 10.6. The van der Waals surface area contributed by atoms with Crippen LogP contribution < -0.4 is 10.1 Å². The Morgan fingerprint density at radius 3 is 2.40 bits per heavy atom. The fourth-order valence-electron chi connectivity index (χ4n) is 2.61. The first-order valence-electron chi connectivity index (χ1n) is 8.81. The summed E-state index contributed by atoms with van der Waals surface area (Å²) in [5.74, 6) is -0.169. The maximum Gasteiger partial charge on any atom is 0.266 e. The van der Waals surface area contributed by atoms with E-state index in [1.807, 2.05) is 48.5 Å². The van der Waals surface area contributed by atoms with E-state index < -0.39 is 5.91 Å². The highest BCUT2D eigenvalue weighted by atomic mass is 127. The van der Waals surface area contributed by atoms with Crippen molar-refractivity contribution in [3.63, 3.8) is 0 Å². The van der Waals surface area contributed by atoms with Gasteiger partial charge in [0.25, 0.3) is 5.91 Å². The van der Waals surface area contributed by atoms with Crippen LogP contribution in [0.25, 0.3) is 6.08 Å². The Morgan fingerprint density at radius 2 is 1.77 bits per heavy atom. The number of rotatable bonds is 6. The third-order valence-electron chi connectivity index (χ3n) is 4.01. The molecule has 0 aliphatic carbocycles. The van der Waals surface area contributed by atoms with Gasteiger partial charge >= 0.3 is 0 Å². The second-order valence-corrected chi connectivity index (χ2v) is 8.28. The second-order valence-electron chi connectivity index (χ2n) is 6.22. The number of carbonyl (C=O) groups is 1. The van der Waals surface area contributed by atoms with Gasteiger partial charge in [0.05, 0.1) is 10.0 Å². The summed E-state index contributed by atoms with van der Waals surface area (Å²) in [5, 5.41) is 12.7. The van der Waals surface area contributed by atoms with Crippen LogP contribution in [-0.2, 0) is 11.4 Å². The van der Waals surface area contributed by atoms with E-state index >= 15 is 0 Å². The molecular formula is C23H15Cl2IN2O2. The lowest BCUT2D eigenvalue weighted by molar-refractivity contribution is -0.112. The standard InChI is InChI=1S/C23H15Cl2IN2O2/c24-20-10-16(11-21(25)22(20)30-14-15-5-2-1-3-6-15)9-17(13-27)23(29)28-19-8-4-7-18(26)12-19/h1-12H,14H2,(H,28,29)/b17-9+. The van der Waals surface area contributed by atoms with Crippen LogP contribution in [0.4, 0.5) is 5.69 Å². The van der Waals surface area contributed by atoms with Crippen molar-refractivity contribution in [3.05, 3.63) is 97.0 Å². The number of anilines is 1. The molecule has 150 valence electrons. The van der Waals surface area contributed by atoms with Gasteiger partial charge < -0.3 is 10.1 Å². The molecular weight excluding hydrogens is 534 g/mol. The molecule has 0 heterocycles. The number of nitriles is 1. The number of benzene rings is 3. The molecule has 4 nitrogen and oxygen atoms in total. The largest absolute Gasteiger partial charge is 0.486 e. The molecule has 0 aromatic heterocycles. The number of amides is 1. The first-order chi connectivity index (χ1) is 14.5. The zero-order chi connectivity index (χ0) is 21.5. The average Bonchev–Trinajstić information content (AvgIpc) is 2.72. The summed E-state index contributed by atoms with van der Waals surface area (Å²) in [6, 6.07) is 22.0. The molecule has 0 unspecified atom stereocenters. The van der Waals surface area contributed by atoms with E-state index in [-0.39, 0.29) is 5.57 Å². The van der Waals surface area contributed by atoms with Crippen molar-refractivity contribution < 1.29 is 9.53 Å². The van der Waals surface area contributed by atoms with Crippen LogP contribution in [0.2, 0.25) is 10.0 Å². The smallest absolute Gasteiger partial charge is 0.266 e. The number of nitrogens with one attached hydrogen (secondary N) is 1. The Labute approximate surface area is 198 Å². The molecule has 0 atom stereocenters. The molecule has 30 heavy (non-hydrogen) atoms. The Bertz CT molecular complexity index is 1120. The van der Waals surface area contributed by atoms with Crippen LogP contribution in [0, 0.1) is 14.9 Å². The van der Waals surface area contributed by atoms with Gasteiger partial charge in [-0.2, -0.15) is 5.26 Å². The van der Waals surface area contributed by atoms with Crippen LogP contribution >= 0.6 is 45.8 Å². The number of hydrogen-bond acceptors (Lipinski definition) is 3. The van der Waals surface area contributed by atoms with Gasteiger partial charge in [-0.1, -0.05) is 59.6 Å². The maximum absolute atomic E-state index is 12.5. The summed E-state index contributed by atoms with van der Waals surface area (Å²) in [7, 11) is 0. The molecule has 3 aromatic carbocycles. The quantitative estimate of drug-likeness (QED) is 0.211. The zero-order valence-electron chi connectivity index (χ0n) is 15.5. The highest BCUT2D eigenvalue weighted by Crippen LogP contribution is 2.35. The van der Waals surface area contributed by atoms with Gasteiger partial charge in [0.15, 0.2) is 5.75 Å². The summed E-state index contributed by atoms with van der Waals surface area (Å²) >= 11 is 14.8. The fraction of sp³-hybridized carbons (Fsp3) is 0.0435. The van der Waals surface area contributed by atoms with E-state index in [0.717, 1.165) is 9.13 Å². The lowest BCUT2D eigenvalue weighted by Gasteiger charge is -2.11. The van der Waals surface area contributed by atoms with Gasteiger partial charge in [0, 0.05) is 9.26 Å². The molecule has 0 radical (unpaired) electrons. The molecule has 0 saturated carbocycles. The van der Waals surface area contributed by atoms with E-state index in [2.05, 4.69) is 27.9 Å². The predicted octanol–water partition coefficient (Wildman–Crippen LogP) is 6.72. The first kappa shape index (κ1) is 22.2. The number of halogens is 3. The molecule has 7 heteroatoms. The topological polar surface area (TPSA) is 62.1 Å². The van der Waals surface area contributed by atoms with Crippen molar-refractivity contribution in [2.45, 2.75) is 6.61 Å². The van der Waals surface area contributed by atoms with Gasteiger partial charge in [-0.15, -0.1) is 0 Å². The molecule has 1 amide bonds. The lowest BCUT2D eigenvalue weighted by Crippen LogP contribution is -2.13. The minimum absolute atomic E-state index is 0.0704. The second kappa shape index (κ2) is 10.5. The third kappa shape index (κ3) is 5.99. The Balaban J connectivity index is 1.77. The van der Waals surface area contributed by atoms with Gasteiger partial charge in [-0.05, 0) is 70.1 Å². The molecule has 1 N–H and O–H groups in total. The number of ether oxygens (including phenoxy) is 1. The van der Waals surface area contributed by atoms with Crippen LogP contribution in [0.1, 0.15) is 11.1 Å². The molecule has 0 fully saturated rings. The molecule has 0 aliphatic heterocycles. The molecule has 3 aromatic rings. The van der Waals surface area contributed by atoms with Crippen molar-refractivity contribution in [3.8, 4) is 11.8 Å². The van der Waals surface area contributed by atoms with E-state index in [0.29, 0.717) is 33.7 Å². The molecule has 3 rings (SSSR count). The van der Waals surface area contributed by atoms with Crippen molar-refractivity contribution in [2.24, 2.45) is 0 Å². The monoisotopic (exact) mass is 548 g/mol. The third-order valence-corrected chi connectivity index (χ3v) is 5.24. The Morgan fingerprint density at radius 1 is 1.07 bits per heavy atom. The van der Waals surface area contributed by atoms with E-state index in [9.17, 15) is 10.1 Å². The van der Waals surface area contributed by atoms with Gasteiger partial charge in [-0.25, -0.2) is 0 Å². The molecule has 0 saturated heterocycles. The van der Waals surface area contributed by atoms with Crippen LogP contribution in [0.15, 0.2) is 72.3 Å². The minimum atomic E-state index is -0.517. The van der Waals surface area contributed by atoms with Crippen molar-refractivity contribution in [2.75, 3.05) is 5.32 Å². The lowest BCUT2D eigenvalue weighted by atomic mass is 10.1. The van der Waals surface area contributed by atoms with E-state index in [4.69, 9.17) is 27.9 Å². The van der Waals surface area contributed by atoms with Crippen LogP contribution in [0.3, 0.4) is 0 Å². The van der Waals surface area contributed by atoms with Crippen LogP contribution in [-0.4, -0.2) is 5.91 Å². The maximum atomic E-state index is 12.5. The Kier molecular flexibility index (Phi) is 7.75. The van der Waals surface area contributed by atoms with Crippen molar-refractivity contribution in [1.82, 2.24) is 0 Å². The summed E-state index contributed by atoms with van der Waals surface area (Å²) < 4.78 is 6.72. The summed E-state index contributed by atoms with van der Waals surface area (Å²) in [4.78, 5) is 12.5. The molecule has 0 spiro atoms. The highest BCUT2D eigenvalue weighted by molar-refractivity contribution is 14.1. The zero-order valence-corrected chi connectivity index (χ0v) is 19.2. The van der Waals surface area contributed by atoms with E-state index in [1.165, 1.54) is 6.08 Å². The van der Waals surface area contributed by atoms with Crippen molar-refractivity contribution in [1.29, 1.82) is 5.26 Å². The fourth-order valence-corrected chi connectivity index (χ4v) is 3.77. The summed E-state index contributed by atoms with van der Waals surface area (Å²) in [6.07, 6.45) is 1.43. The highest BCUT2D eigenvalue weighted by Gasteiger charge is 2.13. The average molecular weight is 549 g/mol. The summed E-state index contributed by atoms with van der Waals surface area (Å²) in [6.45, 7) is 0.317. The number of nitrogens with zero attached hydrogens (tertiary/aromatic N) is 1. The van der Waals surface area contributed by atoms with Gasteiger partial charge in [0.2, 0.25) is 0 Å². The normalized spacial score (nSPS) is 10.9.